The molecule has 1 unspecified atom stereocenters. The molecular weight excluding hydrogens is 269 g/mol. The Labute approximate surface area is 116 Å². The predicted octanol–water partition coefficient (Wildman–Crippen LogP) is 2.66. The van der Waals surface area contributed by atoms with E-state index in [4.69, 9.17) is 0 Å². The van der Waals surface area contributed by atoms with Crippen molar-refractivity contribution in [3.05, 3.63) is 29.3 Å². The highest BCUT2D eigenvalue weighted by Crippen LogP contribution is 2.37. The van der Waals surface area contributed by atoms with Crippen LogP contribution < -0.4 is 4.90 Å². The summed E-state index contributed by atoms with van der Waals surface area (Å²) in [4.78, 5) is 14.5. The molecular formula is C14H17F3N2O. The summed E-state index contributed by atoms with van der Waals surface area (Å²) in [6.07, 6.45) is -4.02. The number of benzene rings is 1. The van der Waals surface area contributed by atoms with E-state index in [1.54, 1.807) is 4.90 Å². The summed E-state index contributed by atoms with van der Waals surface area (Å²) in [5.74, 6) is 0. The van der Waals surface area contributed by atoms with Crippen molar-refractivity contribution in [2.45, 2.75) is 19.1 Å². The normalized spacial score (nSPS) is 21.1. The van der Waals surface area contributed by atoms with Crippen molar-refractivity contribution >= 4 is 12.0 Å². The van der Waals surface area contributed by atoms with E-state index in [0.29, 0.717) is 25.9 Å². The Bertz CT molecular complexity index is 502. The number of carbonyl (C=O) groups is 1. The Morgan fingerprint density at radius 2 is 2.00 bits per heavy atom. The zero-order valence-electron chi connectivity index (χ0n) is 11.4. The Kier molecular flexibility index (Phi) is 4.04. The van der Waals surface area contributed by atoms with Gasteiger partial charge in [-0.05, 0) is 32.2 Å². The van der Waals surface area contributed by atoms with Gasteiger partial charge in [-0.1, -0.05) is 0 Å². The third-order valence-corrected chi connectivity index (χ3v) is 3.76. The molecule has 1 aliphatic rings. The van der Waals surface area contributed by atoms with E-state index in [9.17, 15) is 18.0 Å². The standard InChI is InChI=1S/C14H17F3N2O/c1-10-8-19(6-5-18(10)2)13-4-3-11(9-20)7-12(13)14(15,16)17/h3-4,7,9-10H,5-6,8H2,1-2H3. The average molecular weight is 286 g/mol. The lowest BCUT2D eigenvalue weighted by atomic mass is 10.1. The van der Waals surface area contributed by atoms with Gasteiger partial charge in [-0.3, -0.25) is 4.79 Å². The van der Waals surface area contributed by atoms with Crippen molar-refractivity contribution in [3.63, 3.8) is 0 Å². The molecule has 20 heavy (non-hydrogen) atoms. The number of anilines is 1. The minimum absolute atomic E-state index is 0.0447. The molecule has 2 rings (SSSR count). The summed E-state index contributed by atoms with van der Waals surface area (Å²) in [7, 11) is 1.96. The van der Waals surface area contributed by atoms with Crippen LogP contribution in [0.2, 0.25) is 0 Å². The first-order valence-electron chi connectivity index (χ1n) is 6.44. The number of halogens is 3. The van der Waals surface area contributed by atoms with Gasteiger partial charge in [0.05, 0.1) is 5.56 Å². The van der Waals surface area contributed by atoms with Crippen LogP contribution in [0.5, 0.6) is 0 Å². The molecule has 1 atom stereocenters. The number of carbonyl (C=O) groups excluding carboxylic acids is 1. The number of alkyl halides is 3. The molecule has 3 nitrogen and oxygen atoms in total. The Morgan fingerprint density at radius 3 is 2.55 bits per heavy atom. The monoisotopic (exact) mass is 286 g/mol. The van der Waals surface area contributed by atoms with Crippen LogP contribution in [-0.2, 0) is 6.18 Å². The summed E-state index contributed by atoms with van der Waals surface area (Å²) in [6, 6.07) is 3.94. The van der Waals surface area contributed by atoms with E-state index in [0.717, 1.165) is 6.07 Å². The van der Waals surface area contributed by atoms with E-state index in [-0.39, 0.29) is 17.3 Å². The SMILES string of the molecule is CC1CN(c2ccc(C=O)cc2C(F)(F)F)CCN1C. The van der Waals surface area contributed by atoms with Gasteiger partial charge < -0.3 is 9.80 Å². The molecule has 0 spiro atoms. The van der Waals surface area contributed by atoms with Crippen LogP contribution >= 0.6 is 0 Å². The molecule has 6 heteroatoms. The predicted molar refractivity (Wildman–Crippen MR) is 71.1 cm³/mol. The first kappa shape index (κ1) is 14.8. The van der Waals surface area contributed by atoms with Gasteiger partial charge in [0, 0.05) is 36.9 Å². The third-order valence-electron chi connectivity index (χ3n) is 3.76. The smallest absolute Gasteiger partial charge is 0.368 e. The maximum absolute atomic E-state index is 13.1. The van der Waals surface area contributed by atoms with Crippen LogP contribution in [0.15, 0.2) is 18.2 Å². The highest BCUT2D eigenvalue weighted by atomic mass is 19.4. The molecule has 0 aliphatic carbocycles. The van der Waals surface area contributed by atoms with E-state index < -0.39 is 11.7 Å². The first-order valence-corrected chi connectivity index (χ1v) is 6.44. The molecule has 0 saturated carbocycles. The average Bonchev–Trinajstić information content (AvgIpc) is 2.40. The fourth-order valence-corrected chi connectivity index (χ4v) is 2.40. The summed E-state index contributed by atoms with van der Waals surface area (Å²) in [5.41, 5.74) is -0.537. The fraction of sp³-hybridized carbons (Fsp3) is 0.500. The number of piperazine rings is 1. The summed E-state index contributed by atoms with van der Waals surface area (Å²) in [5, 5.41) is 0. The topological polar surface area (TPSA) is 23.6 Å². The molecule has 1 aliphatic heterocycles. The lowest BCUT2D eigenvalue weighted by Gasteiger charge is -2.39. The minimum atomic E-state index is -4.46. The zero-order valence-corrected chi connectivity index (χ0v) is 11.4. The van der Waals surface area contributed by atoms with Crippen LogP contribution in [0.3, 0.4) is 0 Å². The van der Waals surface area contributed by atoms with Gasteiger partial charge in [0.25, 0.3) is 0 Å². The maximum Gasteiger partial charge on any atom is 0.418 e. The second-order valence-corrected chi connectivity index (χ2v) is 5.17. The third kappa shape index (κ3) is 2.95. The molecule has 0 radical (unpaired) electrons. The molecule has 1 aromatic carbocycles. The summed E-state index contributed by atoms with van der Waals surface area (Å²) in [6.45, 7) is 3.79. The van der Waals surface area contributed by atoms with Crippen LogP contribution in [-0.4, -0.2) is 43.9 Å². The molecule has 110 valence electrons. The molecule has 1 fully saturated rings. The molecule has 1 saturated heterocycles. The Balaban J connectivity index is 2.38. The second kappa shape index (κ2) is 5.44. The van der Waals surface area contributed by atoms with Crippen molar-refractivity contribution in [3.8, 4) is 0 Å². The molecule has 0 aromatic heterocycles. The van der Waals surface area contributed by atoms with Crippen LogP contribution in [0.25, 0.3) is 0 Å². The fourth-order valence-electron chi connectivity index (χ4n) is 2.40. The Hall–Kier alpha value is -1.56. The molecule has 0 bridgehead atoms. The maximum atomic E-state index is 13.1. The number of nitrogens with zero attached hydrogens (tertiary/aromatic N) is 2. The quantitative estimate of drug-likeness (QED) is 0.781. The number of rotatable bonds is 2. The lowest BCUT2D eigenvalue weighted by Crippen LogP contribution is -2.50. The van der Waals surface area contributed by atoms with E-state index in [1.807, 2.05) is 14.0 Å². The molecule has 0 amide bonds. The van der Waals surface area contributed by atoms with Gasteiger partial charge in [-0.25, -0.2) is 0 Å². The largest absolute Gasteiger partial charge is 0.418 e. The van der Waals surface area contributed by atoms with Crippen LogP contribution in [0.4, 0.5) is 18.9 Å². The highest BCUT2D eigenvalue weighted by molar-refractivity contribution is 5.77. The molecule has 1 heterocycles. The number of hydrogen-bond donors (Lipinski definition) is 0. The van der Waals surface area contributed by atoms with Crippen molar-refractivity contribution in [1.82, 2.24) is 4.90 Å². The van der Waals surface area contributed by atoms with Crippen molar-refractivity contribution in [1.29, 1.82) is 0 Å². The van der Waals surface area contributed by atoms with Gasteiger partial charge in [-0.2, -0.15) is 13.2 Å². The van der Waals surface area contributed by atoms with Crippen LogP contribution in [0.1, 0.15) is 22.8 Å². The van der Waals surface area contributed by atoms with Crippen molar-refractivity contribution < 1.29 is 18.0 Å². The van der Waals surface area contributed by atoms with Gasteiger partial charge in [0.1, 0.15) is 6.29 Å². The molecule has 1 aromatic rings. The van der Waals surface area contributed by atoms with E-state index >= 15 is 0 Å². The number of hydrogen-bond acceptors (Lipinski definition) is 3. The first-order chi connectivity index (χ1) is 9.32. The minimum Gasteiger partial charge on any atom is -0.368 e. The van der Waals surface area contributed by atoms with Crippen molar-refractivity contribution in [2.75, 3.05) is 31.6 Å². The van der Waals surface area contributed by atoms with Crippen molar-refractivity contribution in [2.24, 2.45) is 0 Å². The van der Waals surface area contributed by atoms with E-state index in [2.05, 4.69) is 4.90 Å². The van der Waals surface area contributed by atoms with E-state index in [1.165, 1.54) is 12.1 Å². The molecule has 0 N–H and O–H groups in total. The van der Waals surface area contributed by atoms with Gasteiger partial charge in [0.15, 0.2) is 0 Å². The Morgan fingerprint density at radius 1 is 1.30 bits per heavy atom. The van der Waals surface area contributed by atoms with Gasteiger partial charge >= 0.3 is 6.18 Å². The van der Waals surface area contributed by atoms with Gasteiger partial charge in [0.2, 0.25) is 0 Å². The lowest BCUT2D eigenvalue weighted by molar-refractivity contribution is -0.137. The zero-order chi connectivity index (χ0) is 14.9. The van der Waals surface area contributed by atoms with Gasteiger partial charge in [-0.15, -0.1) is 0 Å². The summed E-state index contributed by atoms with van der Waals surface area (Å²) >= 11 is 0. The number of aldehydes is 1. The highest BCUT2D eigenvalue weighted by Gasteiger charge is 2.36. The second-order valence-electron chi connectivity index (χ2n) is 5.17. The number of likely N-dealkylation sites (N-methyl/N-ethyl adjacent to an activating group) is 1. The van der Waals surface area contributed by atoms with Crippen LogP contribution in [0, 0.1) is 0 Å². The summed E-state index contributed by atoms with van der Waals surface area (Å²) < 4.78 is 39.4.